The van der Waals surface area contributed by atoms with Gasteiger partial charge in [-0.1, -0.05) is 36.4 Å². The van der Waals surface area contributed by atoms with Gasteiger partial charge in [0, 0.05) is 0 Å². The fourth-order valence-electron chi connectivity index (χ4n) is 1.33. The lowest BCUT2D eigenvalue weighted by Gasteiger charge is -2.07. The van der Waals surface area contributed by atoms with Gasteiger partial charge in [-0.25, -0.2) is 0 Å². The molecule has 2 aromatic carbocycles. The van der Waals surface area contributed by atoms with Crippen LogP contribution in [-0.4, -0.2) is 5.90 Å². The smallest absolute Gasteiger partial charge is 0.0149 e. The summed E-state index contributed by atoms with van der Waals surface area (Å²) in [4.78, 5) is 0. The summed E-state index contributed by atoms with van der Waals surface area (Å²) in [5.41, 5.74) is 0.443. The second-order valence-corrected chi connectivity index (χ2v) is 2.89. The molecule has 0 saturated heterocycles. The number of benzene rings is 2. The van der Waals surface area contributed by atoms with Crippen molar-refractivity contribution < 1.29 is 5.11 Å². The van der Waals surface area contributed by atoms with E-state index in [1.165, 1.54) is 0 Å². The van der Waals surface area contributed by atoms with Crippen LogP contribution in [-0.2, 0) is 0 Å². The summed E-state index contributed by atoms with van der Waals surface area (Å²) < 4.78 is 0. The molecule has 0 heterocycles. The fourth-order valence-corrected chi connectivity index (χ4v) is 1.33. The Bertz CT molecular complexity index is 462. The van der Waals surface area contributed by atoms with Gasteiger partial charge >= 0.3 is 0 Å². The van der Waals surface area contributed by atoms with Crippen molar-refractivity contribution in [1.29, 1.82) is 5.41 Å². The summed E-state index contributed by atoms with van der Waals surface area (Å²) in [5.74, 6) is -0.634. The van der Waals surface area contributed by atoms with E-state index in [2.05, 4.69) is 0 Å². The molecule has 0 aliphatic heterocycles. The van der Waals surface area contributed by atoms with E-state index in [1.54, 1.807) is 12.1 Å². The minimum Gasteiger partial charge on any atom is -0.859 e. The van der Waals surface area contributed by atoms with E-state index in [0.717, 1.165) is 10.8 Å². The fraction of sp³-hybridized carbons (Fsp3) is 0. The van der Waals surface area contributed by atoms with Crippen LogP contribution in [0.1, 0.15) is 5.56 Å². The molecule has 0 bridgehead atoms. The van der Waals surface area contributed by atoms with Gasteiger partial charge < -0.3 is 10.5 Å². The predicted molar refractivity (Wildman–Crippen MR) is 50.8 cm³/mol. The molecule has 0 radical (unpaired) electrons. The molecule has 2 heteroatoms. The van der Waals surface area contributed by atoms with E-state index >= 15 is 0 Å². The third-order valence-corrected chi connectivity index (χ3v) is 2.01. The quantitative estimate of drug-likeness (QED) is 0.512. The van der Waals surface area contributed by atoms with Gasteiger partial charge in [0.05, 0.1) is 0 Å². The highest BCUT2D eigenvalue weighted by atomic mass is 16.3. The molecule has 2 rings (SSSR count). The summed E-state index contributed by atoms with van der Waals surface area (Å²) in [7, 11) is 0. The molecule has 2 nitrogen and oxygen atoms in total. The number of hydrogen-bond donors (Lipinski definition) is 1. The Morgan fingerprint density at radius 1 is 1.00 bits per heavy atom. The Hall–Kier alpha value is -1.83. The highest BCUT2D eigenvalue weighted by Crippen LogP contribution is 2.14. The van der Waals surface area contributed by atoms with Crippen molar-refractivity contribution in [3.05, 3.63) is 48.0 Å². The normalized spacial score (nSPS) is 10.2. The van der Waals surface area contributed by atoms with E-state index in [4.69, 9.17) is 5.41 Å². The van der Waals surface area contributed by atoms with Crippen molar-refractivity contribution in [1.82, 2.24) is 0 Å². The molecule has 13 heavy (non-hydrogen) atoms. The first kappa shape index (κ1) is 7.80. The van der Waals surface area contributed by atoms with E-state index in [0.29, 0.717) is 5.56 Å². The van der Waals surface area contributed by atoms with Crippen LogP contribution in [0.3, 0.4) is 0 Å². The molecular formula is C11H8NO-. The highest BCUT2D eigenvalue weighted by Gasteiger charge is 1.93. The van der Waals surface area contributed by atoms with Crippen LogP contribution in [0.25, 0.3) is 10.8 Å². The zero-order valence-corrected chi connectivity index (χ0v) is 6.95. The van der Waals surface area contributed by atoms with Gasteiger partial charge in [-0.3, -0.25) is 0 Å². The van der Waals surface area contributed by atoms with Gasteiger partial charge in [-0.15, -0.1) is 0 Å². The molecule has 0 unspecified atom stereocenters. The van der Waals surface area contributed by atoms with Crippen LogP contribution in [0.15, 0.2) is 42.5 Å². The molecular weight excluding hydrogens is 162 g/mol. The van der Waals surface area contributed by atoms with Gasteiger partial charge in [0.1, 0.15) is 0 Å². The van der Waals surface area contributed by atoms with Gasteiger partial charge in [-0.05, 0) is 28.3 Å². The Balaban J connectivity index is 2.69. The third-order valence-electron chi connectivity index (χ3n) is 2.01. The van der Waals surface area contributed by atoms with Crippen molar-refractivity contribution >= 4 is 16.7 Å². The maximum atomic E-state index is 10.8. The summed E-state index contributed by atoms with van der Waals surface area (Å²) in [6.07, 6.45) is 0. The molecule has 0 amide bonds. The number of nitrogens with one attached hydrogen (secondary N) is 1. The average molecular weight is 170 g/mol. The third kappa shape index (κ3) is 1.38. The van der Waals surface area contributed by atoms with Crippen molar-refractivity contribution in [3.63, 3.8) is 0 Å². The maximum absolute atomic E-state index is 10.8. The van der Waals surface area contributed by atoms with Crippen molar-refractivity contribution in [3.8, 4) is 0 Å². The molecule has 0 atom stereocenters. The zero-order chi connectivity index (χ0) is 9.26. The Morgan fingerprint density at radius 3 is 2.38 bits per heavy atom. The SMILES string of the molecule is N=C([O-])c1ccc2ccccc2c1. The van der Waals surface area contributed by atoms with E-state index in [-0.39, 0.29) is 0 Å². The Labute approximate surface area is 76.0 Å². The topological polar surface area (TPSA) is 46.9 Å². The van der Waals surface area contributed by atoms with Crippen LogP contribution in [0.4, 0.5) is 0 Å². The van der Waals surface area contributed by atoms with Gasteiger partial charge in [0.25, 0.3) is 0 Å². The average Bonchev–Trinajstić information content (AvgIpc) is 2.17. The van der Waals surface area contributed by atoms with E-state index < -0.39 is 5.90 Å². The van der Waals surface area contributed by atoms with E-state index in [1.807, 2.05) is 30.3 Å². The molecule has 0 aliphatic rings. The van der Waals surface area contributed by atoms with Crippen molar-refractivity contribution in [2.45, 2.75) is 0 Å². The maximum Gasteiger partial charge on any atom is -0.0149 e. The molecule has 0 aromatic heterocycles. The summed E-state index contributed by atoms with van der Waals surface area (Å²) in [5, 5.41) is 19.8. The summed E-state index contributed by atoms with van der Waals surface area (Å²) >= 11 is 0. The standard InChI is InChI=1S/C11H9NO/c12-11(13)10-6-5-8-3-1-2-4-9(8)7-10/h1-7H,(H2,12,13)/p-1. The molecule has 0 spiro atoms. The Kier molecular flexibility index (Phi) is 1.74. The second-order valence-electron chi connectivity index (χ2n) is 2.89. The largest absolute Gasteiger partial charge is 0.859 e. The van der Waals surface area contributed by atoms with Crippen molar-refractivity contribution in [2.75, 3.05) is 0 Å². The first-order valence-electron chi connectivity index (χ1n) is 4.02. The van der Waals surface area contributed by atoms with Gasteiger partial charge in [0.15, 0.2) is 0 Å². The molecule has 0 fully saturated rings. The lowest BCUT2D eigenvalue weighted by Crippen LogP contribution is -2.16. The number of hydrogen-bond acceptors (Lipinski definition) is 2. The molecule has 1 N–H and O–H groups in total. The Morgan fingerprint density at radius 2 is 1.69 bits per heavy atom. The van der Waals surface area contributed by atoms with Crippen LogP contribution in [0, 0.1) is 5.41 Å². The molecule has 2 aromatic rings. The van der Waals surface area contributed by atoms with Crippen LogP contribution in [0.5, 0.6) is 0 Å². The van der Waals surface area contributed by atoms with Gasteiger partial charge in [-0.2, -0.15) is 0 Å². The lowest BCUT2D eigenvalue weighted by molar-refractivity contribution is -0.214. The van der Waals surface area contributed by atoms with Crippen molar-refractivity contribution in [2.24, 2.45) is 0 Å². The first-order valence-corrected chi connectivity index (χ1v) is 4.02. The van der Waals surface area contributed by atoms with E-state index in [9.17, 15) is 5.11 Å². The summed E-state index contributed by atoms with van der Waals surface area (Å²) in [6, 6.07) is 13.1. The molecule has 64 valence electrons. The molecule has 0 aliphatic carbocycles. The highest BCUT2D eigenvalue weighted by molar-refractivity contribution is 5.94. The predicted octanol–water partition coefficient (Wildman–Crippen LogP) is 1.53. The van der Waals surface area contributed by atoms with Crippen LogP contribution >= 0.6 is 0 Å². The second kappa shape index (κ2) is 2.90. The van der Waals surface area contributed by atoms with Crippen LogP contribution in [0.2, 0.25) is 0 Å². The minimum absolute atomic E-state index is 0.443. The molecule has 0 saturated carbocycles. The van der Waals surface area contributed by atoms with Crippen LogP contribution < -0.4 is 5.11 Å². The minimum atomic E-state index is -0.634. The number of rotatable bonds is 1. The summed E-state index contributed by atoms with van der Waals surface area (Å²) in [6.45, 7) is 0. The van der Waals surface area contributed by atoms with Gasteiger partial charge in [0.2, 0.25) is 0 Å². The zero-order valence-electron chi connectivity index (χ0n) is 6.95. The monoisotopic (exact) mass is 170 g/mol. The lowest BCUT2D eigenvalue weighted by atomic mass is 10.1. The first-order chi connectivity index (χ1) is 6.27. The number of fused-ring (bicyclic) bond motifs is 1.